The number of pyridine rings is 1. The van der Waals surface area contributed by atoms with Gasteiger partial charge in [0.05, 0.1) is 39.0 Å². The summed E-state index contributed by atoms with van der Waals surface area (Å²) in [6.45, 7) is 1.98. The average Bonchev–Trinajstić information content (AvgIpc) is 2.73. The van der Waals surface area contributed by atoms with E-state index in [9.17, 15) is 13.2 Å². The van der Waals surface area contributed by atoms with E-state index in [0.29, 0.717) is 10.8 Å². The number of anilines is 1. The Hall–Kier alpha value is -2.33. The van der Waals surface area contributed by atoms with Crippen LogP contribution in [-0.2, 0) is 14.8 Å². The molecule has 1 N–H and O–H groups in total. The van der Waals surface area contributed by atoms with Gasteiger partial charge in [-0.25, -0.2) is 17.7 Å². The number of carbonyl (C=O) groups excluding carboxylic acids is 1. The minimum Gasteiger partial charge on any atom is -0.497 e. The highest BCUT2D eigenvalue weighted by molar-refractivity contribution is 7.99. The molecule has 7 nitrogen and oxygen atoms in total. The molecule has 0 spiro atoms. The maximum atomic E-state index is 12.5. The Morgan fingerprint density at radius 3 is 2.61 bits per heavy atom. The van der Waals surface area contributed by atoms with Crippen LogP contribution in [0.4, 0.5) is 5.69 Å². The number of methoxy groups -OCH3 is 1. The number of sulfonamides is 1. The van der Waals surface area contributed by atoms with Crippen LogP contribution in [0.3, 0.4) is 0 Å². The first-order valence-electron chi connectivity index (χ1n) is 9.22. The van der Waals surface area contributed by atoms with Crippen LogP contribution in [0.1, 0.15) is 5.56 Å². The number of benzene rings is 2. The van der Waals surface area contributed by atoms with E-state index < -0.39 is 10.0 Å². The number of fused-ring (bicyclic) bond motifs is 1. The van der Waals surface area contributed by atoms with Crippen LogP contribution in [0.2, 0.25) is 5.02 Å². The molecule has 0 atom stereocenters. The van der Waals surface area contributed by atoms with Crippen molar-refractivity contribution in [2.45, 2.75) is 16.8 Å². The molecule has 0 saturated heterocycles. The highest BCUT2D eigenvalue weighted by atomic mass is 35.5. The lowest BCUT2D eigenvalue weighted by molar-refractivity contribution is -0.113. The third-order valence-corrected chi connectivity index (χ3v) is 7.59. The summed E-state index contributed by atoms with van der Waals surface area (Å²) in [6.07, 6.45) is 0. The van der Waals surface area contributed by atoms with Crippen LogP contribution >= 0.6 is 23.4 Å². The zero-order valence-electron chi connectivity index (χ0n) is 17.5. The Morgan fingerprint density at radius 1 is 1.19 bits per heavy atom. The highest BCUT2D eigenvalue weighted by Crippen LogP contribution is 2.28. The number of aryl methyl sites for hydroxylation is 1. The van der Waals surface area contributed by atoms with Gasteiger partial charge in [0.1, 0.15) is 5.75 Å². The second kappa shape index (κ2) is 9.44. The van der Waals surface area contributed by atoms with E-state index >= 15 is 0 Å². The normalized spacial score (nSPS) is 11.7. The quantitative estimate of drug-likeness (QED) is 0.511. The molecule has 31 heavy (non-hydrogen) atoms. The molecule has 1 amide bonds. The van der Waals surface area contributed by atoms with Crippen LogP contribution in [-0.4, -0.2) is 50.6 Å². The molecule has 0 aliphatic rings. The number of carbonyl (C=O) groups is 1. The first-order valence-corrected chi connectivity index (χ1v) is 12.0. The van der Waals surface area contributed by atoms with Crippen LogP contribution in [0, 0.1) is 6.92 Å². The molecular weight excluding hydrogens is 458 g/mol. The summed E-state index contributed by atoms with van der Waals surface area (Å²) < 4.78 is 31.0. The predicted molar refractivity (Wildman–Crippen MR) is 125 cm³/mol. The summed E-state index contributed by atoms with van der Waals surface area (Å²) in [5.41, 5.74) is 2.06. The van der Waals surface area contributed by atoms with E-state index in [0.717, 1.165) is 20.8 Å². The summed E-state index contributed by atoms with van der Waals surface area (Å²) in [4.78, 5) is 17.1. The highest BCUT2D eigenvalue weighted by Gasteiger charge is 2.19. The number of hydrogen-bond donors (Lipinski definition) is 1. The van der Waals surface area contributed by atoms with Gasteiger partial charge >= 0.3 is 0 Å². The third-order valence-electron chi connectivity index (χ3n) is 4.54. The topological polar surface area (TPSA) is 88.6 Å². The zero-order chi connectivity index (χ0) is 22.8. The zero-order valence-corrected chi connectivity index (χ0v) is 19.9. The number of nitrogens with zero attached hydrogens (tertiary/aromatic N) is 2. The monoisotopic (exact) mass is 479 g/mol. The van der Waals surface area contributed by atoms with Gasteiger partial charge in [-0.2, -0.15) is 0 Å². The predicted octanol–water partition coefficient (Wildman–Crippen LogP) is 4.19. The lowest BCUT2D eigenvalue weighted by Gasteiger charge is -2.14. The summed E-state index contributed by atoms with van der Waals surface area (Å²) in [5, 5.41) is 4.64. The van der Waals surface area contributed by atoms with Crippen molar-refractivity contribution in [2.75, 3.05) is 32.3 Å². The van der Waals surface area contributed by atoms with Crippen molar-refractivity contribution in [2.24, 2.45) is 0 Å². The molecule has 10 heteroatoms. The molecule has 164 valence electrons. The fourth-order valence-electron chi connectivity index (χ4n) is 2.85. The van der Waals surface area contributed by atoms with E-state index in [-0.39, 0.29) is 27.3 Å². The van der Waals surface area contributed by atoms with Crippen LogP contribution in [0.15, 0.2) is 52.4 Å². The van der Waals surface area contributed by atoms with Gasteiger partial charge in [-0.1, -0.05) is 23.4 Å². The number of halogens is 1. The molecule has 0 saturated carbocycles. The summed E-state index contributed by atoms with van der Waals surface area (Å²) >= 11 is 7.42. The Morgan fingerprint density at radius 2 is 1.94 bits per heavy atom. The van der Waals surface area contributed by atoms with E-state index in [1.807, 2.05) is 31.2 Å². The number of hydrogen-bond acceptors (Lipinski definition) is 6. The van der Waals surface area contributed by atoms with Gasteiger partial charge in [0.25, 0.3) is 0 Å². The summed E-state index contributed by atoms with van der Waals surface area (Å²) in [5.74, 6) is 0.473. The van der Waals surface area contributed by atoms with Crippen LogP contribution in [0.25, 0.3) is 10.9 Å². The Balaban J connectivity index is 1.75. The molecule has 3 aromatic rings. The van der Waals surface area contributed by atoms with Crippen molar-refractivity contribution < 1.29 is 17.9 Å². The Bertz CT molecular complexity index is 1250. The number of ether oxygens (including phenoxy) is 1. The molecule has 0 aliphatic carbocycles. The second-order valence-electron chi connectivity index (χ2n) is 6.93. The van der Waals surface area contributed by atoms with E-state index in [4.69, 9.17) is 16.3 Å². The second-order valence-corrected chi connectivity index (χ2v) is 10.5. The SMILES string of the molecule is COc1ccc2c(C)cc(SCC(=O)Nc3cc(S(=O)(=O)N(C)C)ccc3Cl)nc2c1. The largest absolute Gasteiger partial charge is 0.497 e. The molecule has 1 aromatic heterocycles. The average molecular weight is 480 g/mol. The van der Waals surface area contributed by atoms with Gasteiger partial charge in [0.2, 0.25) is 15.9 Å². The van der Waals surface area contributed by atoms with E-state index in [1.54, 1.807) is 7.11 Å². The number of rotatable bonds is 7. The fourth-order valence-corrected chi connectivity index (χ4v) is 4.72. The van der Waals surface area contributed by atoms with E-state index in [1.165, 1.54) is 44.1 Å². The molecule has 3 rings (SSSR count). The molecule has 0 aliphatic heterocycles. The lowest BCUT2D eigenvalue weighted by atomic mass is 10.1. The number of amides is 1. The van der Waals surface area contributed by atoms with Crippen LogP contribution < -0.4 is 10.1 Å². The maximum absolute atomic E-state index is 12.5. The Kier molecular flexibility index (Phi) is 7.10. The van der Waals surface area contributed by atoms with Crippen molar-refractivity contribution in [3.63, 3.8) is 0 Å². The molecular formula is C21H22ClN3O4S2. The number of thioether (sulfide) groups is 1. The van der Waals surface area contributed by atoms with Crippen LogP contribution in [0.5, 0.6) is 5.75 Å². The molecule has 1 heterocycles. The van der Waals surface area contributed by atoms with Crippen molar-refractivity contribution >= 4 is 55.9 Å². The van der Waals surface area contributed by atoms with E-state index in [2.05, 4.69) is 10.3 Å². The van der Waals surface area contributed by atoms with Gasteiger partial charge in [0.15, 0.2) is 0 Å². The minimum atomic E-state index is -3.64. The van der Waals surface area contributed by atoms with Crippen molar-refractivity contribution in [3.05, 3.63) is 53.1 Å². The fraction of sp³-hybridized carbons (Fsp3) is 0.238. The number of nitrogens with one attached hydrogen (secondary N) is 1. The Labute approximate surface area is 190 Å². The maximum Gasteiger partial charge on any atom is 0.242 e. The smallest absolute Gasteiger partial charge is 0.242 e. The first kappa shape index (κ1) is 23.3. The molecule has 0 fully saturated rings. The van der Waals surface area contributed by atoms with Crippen molar-refractivity contribution in [3.8, 4) is 5.75 Å². The van der Waals surface area contributed by atoms with Crippen molar-refractivity contribution in [1.29, 1.82) is 0 Å². The standard InChI is InChI=1S/C21H22ClN3O4S2/c1-13-9-21(24-18-10-14(29-4)5-7-16(13)18)30-12-20(26)23-19-11-15(6-8-17(19)22)31(27,28)25(2)3/h5-11H,12H2,1-4H3,(H,23,26). The molecule has 2 aromatic carbocycles. The molecule has 0 unspecified atom stereocenters. The van der Waals surface area contributed by atoms with Gasteiger partial charge in [-0.05, 0) is 48.9 Å². The van der Waals surface area contributed by atoms with Crippen molar-refractivity contribution in [1.82, 2.24) is 9.29 Å². The summed E-state index contributed by atoms with van der Waals surface area (Å²) in [7, 11) is 0.832. The molecule has 0 bridgehead atoms. The summed E-state index contributed by atoms with van der Waals surface area (Å²) in [6, 6.07) is 11.8. The van der Waals surface area contributed by atoms with Gasteiger partial charge in [-0.3, -0.25) is 4.79 Å². The van der Waals surface area contributed by atoms with Gasteiger partial charge < -0.3 is 10.1 Å². The number of aromatic nitrogens is 1. The van der Waals surface area contributed by atoms with Gasteiger partial charge in [-0.15, -0.1) is 0 Å². The molecule has 0 radical (unpaired) electrons. The third kappa shape index (κ3) is 5.30. The minimum absolute atomic E-state index is 0.0469. The first-order chi connectivity index (χ1) is 14.6. The van der Waals surface area contributed by atoms with Gasteiger partial charge in [0, 0.05) is 25.5 Å². The lowest BCUT2D eigenvalue weighted by Crippen LogP contribution is -2.22.